The number of halogens is 1. The van der Waals surface area contributed by atoms with Gasteiger partial charge in [0.1, 0.15) is 0 Å². The van der Waals surface area contributed by atoms with Crippen LogP contribution in [0, 0.1) is 0 Å². The fourth-order valence-electron chi connectivity index (χ4n) is 0.133. The van der Waals surface area contributed by atoms with Gasteiger partial charge in [-0.25, -0.2) is 0 Å². The molecule has 0 aliphatic carbocycles. The van der Waals surface area contributed by atoms with Crippen molar-refractivity contribution < 1.29 is 0 Å². The van der Waals surface area contributed by atoms with E-state index < -0.39 is 0 Å². The summed E-state index contributed by atoms with van der Waals surface area (Å²) in [5.74, 6) is 0.740. The molecule has 0 aliphatic rings. The molecule has 0 fully saturated rings. The first-order valence-electron chi connectivity index (χ1n) is 1.73. The van der Waals surface area contributed by atoms with E-state index >= 15 is 0 Å². The highest BCUT2D eigenvalue weighted by molar-refractivity contribution is 14.1. The molecule has 0 aromatic carbocycles. The second-order valence-corrected chi connectivity index (χ2v) is 4.96. The Morgan fingerprint density at radius 2 is 2.50 bits per heavy atom. The van der Waals surface area contributed by atoms with Crippen molar-refractivity contribution in [2.75, 3.05) is 5.88 Å². The number of hydrogen-bond acceptors (Lipinski definition) is 2. The maximum absolute atomic E-state index is 5.19. The molecule has 1 unspecified atom stereocenters. The van der Waals surface area contributed by atoms with Crippen LogP contribution in [0.4, 0.5) is 0 Å². The Morgan fingerprint density at radius 1 is 2.00 bits per heavy atom. The van der Waals surface area contributed by atoms with Crippen LogP contribution in [0.1, 0.15) is 6.92 Å². The summed E-state index contributed by atoms with van der Waals surface area (Å²) >= 11 is 4.08. The minimum atomic E-state index is 0.660. The van der Waals surface area contributed by atoms with Crippen molar-refractivity contribution in [3.63, 3.8) is 0 Å². The minimum Gasteiger partial charge on any atom is -0.322 e. The summed E-state index contributed by atoms with van der Waals surface area (Å²) in [7, 11) is 0. The van der Waals surface area contributed by atoms with Gasteiger partial charge in [-0.15, -0.1) is 11.8 Å². The van der Waals surface area contributed by atoms with Crippen molar-refractivity contribution in [2.45, 2.75) is 10.2 Å². The van der Waals surface area contributed by atoms with E-state index in [2.05, 4.69) is 29.5 Å². The summed E-state index contributed by atoms with van der Waals surface area (Å²) < 4.78 is 0.660. The van der Waals surface area contributed by atoms with Crippen LogP contribution in [0.3, 0.4) is 0 Å². The zero-order valence-corrected chi connectivity index (χ0v) is 6.62. The summed E-state index contributed by atoms with van der Waals surface area (Å²) in [6, 6.07) is 0. The first-order chi connectivity index (χ1) is 2.77. The molecule has 1 nitrogen and oxygen atoms in total. The lowest BCUT2D eigenvalue weighted by Gasteiger charge is -1.94. The third-order valence-corrected chi connectivity index (χ3v) is 2.06. The quantitative estimate of drug-likeness (QED) is 0.430. The summed E-state index contributed by atoms with van der Waals surface area (Å²) in [4.78, 5) is 0. The van der Waals surface area contributed by atoms with E-state index in [4.69, 9.17) is 5.73 Å². The summed E-state index contributed by atoms with van der Waals surface area (Å²) in [5, 5.41) is 0. The first kappa shape index (κ1) is 7.04. The molecule has 3 heteroatoms. The van der Waals surface area contributed by atoms with E-state index in [1.807, 2.05) is 0 Å². The van der Waals surface area contributed by atoms with E-state index in [0.717, 1.165) is 5.88 Å². The maximum atomic E-state index is 5.19. The van der Waals surface area contributed by atoms with Gasteiger partial charge in [0.05, 0.1) is 3.26 Å². The van der Waals surface area contributed by atoms with Gasteiger partial charge < -0.3 is 5.73 Å². The lowest BCUT2D eigenvalue weighted by molar-refractivity contribution is 1.37. The monoisotopic (exact) mass is 217 g/mol. The smallest absolute Gasteiger partial charge is 0.0549 e. The fourth-order valence-corrected chi connectivity index (χ4v) is 1.02. The predicted octanol–water partition coefficient (Wildman–Crippen LogP) is 1.42. The SMILES string of the molecule is CC(I)SCN. The van der Waals surface area contributed by atoms with E-state index in [0.29, 0.717) is 3.26 Å². The number of hydrogen-bond donors (Lipinski definition) is 1. The Kier molecular flexibility index (Phi) is 4.93. The molecule has 0 aromatic rings. The third-order valence-electron chi connectivity index (χ3n) is 0.326. The molecule has 2 N–H and O–H groups in total. The molecule has 0 amide bonds. The average Bonchev–Trinajstić information content (AvgIpc) is 1.35. The fraction of sp³-hybridized carbons (Fsp3) is 1.00. The van der Waals surface area contributed by atoms with Gasteiger partial charge in [-0.2, -0.15) is 0 Å². The van der Waals surface area contributed by atoms with Crippen molar-refractivity contribution in [3.8, 4) is 0 Å². The highest BCUT2D eigenvalue weighted by Gasteiger charge is 1.88. The van der Waals surface area contributed by atoms with Gasteiger partial charge in [-0.05, 0) is 6.92 Å². The molecule has 0 spiro atoms. The maximum Gasteiger partial charge on any atom is 0.0549 e. The van der Waals surface area contributed by atoms with Crippen LogP contribution >= 0.6 is 34.4 Å². The number of alkyl halides is 1. The Morgan fingerprint density at radius 3 is 2.50 bits per heavy atom. The molecule has 0 aliphatic heterocycles. The van der Waals surface area contributed by atoms with Gasteiger partial charge in [-0.1, -0.05) is 22.6 Å². The number of nitrogens with two attached hydrogens (primary N) is 1. The molecule has 0 saturated carbocycles. The summed E-state index contributed by atoms with van der Waals surface area (Å²) in [6.45, 7) is 2.12. The van der Waals surface area contributed by atoms with Crippen molar-refractivity contribution >= 4 is 34.4 Å². The van der Waals surface area contributed by atoms with Crippen LogP contribution in [-0.2, 0) is 0 Å². The van der Waals surface area contributed by atoms with Crippen LogP contribution in [0.2, 0.25) is 0 Å². The van der Waals surface area contributed by atoms with Crippen LogP contribution in [0.15, 0.2) is 0 Å². The van der Waals surface area contributed by atoms with Crippen LogP contribution in [0.25, 0.3) is 0 Å². The number of thioether (sulfide) groups is 1. The second kappa shape index (κ2) is 4.21. The lowest BCUT2D eigenvalue weighted by Crippen LogP contribution is -1.95. The Labute approximate surface area is 56.2 Å². The number of rotatable bonds is 2. The van der Waals surface area contributed by atoms with Crippen LogP contribution < -0.4 is 5.73 Å². The highest BCUT2D eigenvalue weighted by atomic mass is 127. The molecule has 38 valence electrons. The van der Waals surface area contributed by atoms with Gasteiger partial charge in [0.25, 0.3) is 0 Å². The Bertz CT molecular complexity index is 32.0. The van der Waals surface area contributed by atoms with Gasteiger partial charge in [0.2, 0.25) is 0 Å². The van der Waals surface area contributed by atoms with Gasteiger partial charge in [0, 0.05) is 5.88 Å². The molecule has 0 bridgehead atoms. The third kappa shape index (κ3) is 5.04. The van der Waals surface area contributed by atoms with Gasteiger partial charge >= 0.3 is 0 Å². The summed E-state index contributed by atoms with van der Waals surface area (Å²) in [6.07, 6.45) is 0. The molecular formula is C3H8INS. The lowest BCUT2D eigenvalue weighted by atomic mass is 11.0. The predicted molar refractivity (Wildman–Crippen MR) is 40.1 cm³/mol. The van der Waals surface area contributed by atoms with Crippen molar-refractivity contribution in [3.05, 3.63) is 0 Å². The molecule has 0 saturated heterocycles. The minimum absolute atomic E-state index is 0.660. The molecule has 0 heterocycles. The Balaban J connectivity index is 2.63. The summed E-state index contributed by atoms with van der Waals surface area (Å²) in [5.41, 5.74) is 5.19. The van der Waals surface area contributed by atoms with Gasteiger partial charge in [0.15, 0.2) is 0 Å². The standard InChI is InChI=1S/C3H8INS/c1-3(4)6-2-5/h3H,2,5H2,1H3. The topological polar surface area (TPSA) is 26.0 Å². The van der Waals surface area contributed by atoms with Crippen LogP contribution in [0.5, 0.6) is 0 Å². The first-order valence-corrected chi connectivity index (χ1v) is 4.02. The Hall–Kier alpha value is 1.04. The molecule has 0 rings (SSSR count). The normalized spacial score (nSPS) is 14.5. The largest absolute Gasteiger partial charge is 0.322 e. The molecular weight excluding hydrogens is 209 g/mol. The zero-order chi connectivity index (χ0) is 4.99. The molecule has 0 aromatic heterocycles. The molecule has 1 atom stereocenters. The van der Waals surface area contributed by atoms with E-state index in [1.165, 1.54) is 0 Å². The second-order valence-electron chi connectivity index (χ2n) is 0.876. The van der Waals surface area contributed by atoms with E-state index in [9.17, 15) is 0 Å². The molecule has 0 radical (unpaired) electrons. The van der Waals surface area contributed by atoms with Gasteiger partial charge in [-0.3, -0.25) is 0 Å². The van der Waals surface area contributed by atoms with Crippen LogP contribution in [-0.4, -0.2) is 9.13 Å². The van der Waals surface area contributed by atoms with E-state index in [1.54, 1.807) is 11.8 Å². The van der Waals surface area contributed by atoms with Crippen molar-refractivity contribution in [1.29, 1.82) is 0 Å². The van der Waals surface area contributed by atoms with E-state index in [-0.39, 0.29) is 0 Å². The average molecular weight is 217 g/mol. The van der Waals surface area contributed by atoms with Crippen molar-refractivity contribution in [2.24, 2.45) is 5.73 Å². The molecule has 6 heavy (non-hydrogen) atoms. The van der Waals surface area contributed by atoms with Crippen molar-refractivity contribution in [1.82, 2.24) is 0 Å². The highest BCUT2D eigenvalue weighted by Crippen LogP contribution is 2.13. The zero-order valence-electron chi connectivity index (χ0n) is 3.65.